The second-order valence-corrected chi connectivity index (χ2v) is 8.94. The van der Waals surface area contributed by atoms with Gasteiger partial charge >= 0.3 is 0 Å². The molecule has 1 aliphatic carbocycles. The van der Waals surface area contributed by atoms with E-state index in [0.29, 0.717) is 19.6 Å². The fraction of sp³-hybridized carbons (Fsp3) is 0.520. The molecular formula is C25H30N2O3. The van der Waals surface area contributed by atoms with Gasteiger partial charge in [-0.2, -0.15) is 0 Å². The Morgan fingerprint density at radius 3 is 2.67 bits per heavy atom. The van der Waals surface area contributed by atoms with Crippen LogP contribution in [-0.2, 0) is 16.6 Å². The van der Waals surface area contributed by atoms with Gasteiger partial charge in [0.25, 0.3) is 0 Å². The van der Waals surface area contributed by atoms with E-state index in [1.807, 2.05) is 24.4 Å². The highest BCUT2D eigenvalue weighted by Gasteiger charge is 2.46. The van der Waals surface area contributed by atoms with Crippen molar-refractivity contribution in [3.05, 3.63) is 53.3 Å². The number of ether oxygens (including phenoxy) is 2. The van der Waals surface area contributed by atoms with Gasteiger partial charge in [0.1, 0.15) is 13.2 Å². The maximum atomic E-state index is 13.3. The number of benzene rings is 1. The third kappa shape index (κ3) is 3.44. The summed E-state index contributed by atoms with van der Waals surface area (Å²) in [5.41, 5.74) is 3.74. The van der Waals surface area contributed by atoms with E-state index in [2.05, 4.69) is 28.9 Å². The lowest BCUT2D eigenvalue weighted by Gasteiger charge is -2.46. The highest BCUT2D eigenvalue weighted by molar-refractivity contribution is 5.77. The molecule has 1 aromatic heterocycles. The summed E-state index contributed by atoms with van der Waals surface area (Å²) in [7, 11) is 0. The lowest BCUT2D eigenvalue weighted by Crippen LogP contribution is -2.48. The second kappa shape index (κ2) is 7.93. The van der Waals surface area contributed by atoms with Crippen molar-refractivity contribution in [2.24, 2.45) is 0 Å². The molecule has 1 amide bonds. The number of hydrogen-bond acceptors (Lipinski definition) is 4. The average Bonchev–Trinajstić information content (AvgIpc) is 3.25. The fourth-order valence-electron chi connectivity index (χ4n) is 5.52. The van der Waals surface area contributed by atoms with Crippen LogP contribution in [0.3, 0.4) is 0 Å². The molecule has 2 aliphatic heterocycles. The molecule has 5 nitrogen and oxygen atoms in total. The Morgan fingerprint density at radius 1 is 1.17 bits per heavy atom. The van der Waals surface area contributed by atoms with Crippen LogP contribution in [0.5, 0.6) is 11.5 Å². The van der Waals surface area contributed by atoms with E-state index in [0.717, 1.165) is 49.4 Å². The maximum absolute atomic E-state index is 13.3. The van der Waals surface area contributed by atoms with Gasteiger partial charge < -0.3 is 14.4 Å². The minimum atomic E-state index is 0.0596. The molecule has 1 fully saturated rings. The molecule has 0 radical (unpaired) electrons. The molecule has 3 aliphatic rings. The van der Waals surface area contributed by atoms with E-state index in [1.165, 1.54) is 24.0 Å². The zero-order valence-electron chi connectivity index (χ0n) is 17.7. The number of rotatable bonds is 4. The Kier molecular flexibility index (Phi) is 5.13. The number of carbonyl (C=O) groups excluding carboxylic acids is 1. The molecule has 0 N–H and O–H groups in total. The van der Waals surface area contributed by atoms with Crippen LogP contribution in [0.1, 0.15) is 68.3 Å². The highest BCUT2D eigenvalue weighted by atomic mass is 16.6. The van der Waals surface area contributed by atoms with Crippen molar-refractivity contribution in [1.29, 1.82) is 0 Å². The third-order valence-electron chi connectivity index (χ3n) is 7.11. The smallest absolute Gasteiger partial charge is 0.223 e. The minimum Gasteiger partial charge on any atom is -0.486 e. The van der Waals surface area contributed by atoms with Crippen molar-refractivity contribution in [3.63, 3.8) is 0 Å². The van der Waals surface area contributed by atoms with Gasteiger partial charge in [0.2, 0.25) is 5.91 Å². The van der Waals surface area contributed by atoms with Crippen LogP contribution in [0, 0.1) is 0 Å². The highest BCUT2D eigenvalue weighted by Crippen LogP contribution is 2.52. The van der Waals surface area contributed by atoms with Crippen molar-refractivity contribution in [2.75, 3.05) is 19.8 Å². The van der Waals surface area contributed by atoms with Gasteiger partial charge in [-0.15, -0.1) is 0 Å². The van der Waals surface area contributed by atoms with Crippen LogP contribution in [0.15, 0.2) is 36.5 Å². The van der Waals surface area contributed by atoms with E-state index in [9.17, 15) is 4.79 Å². The van der Waals surface area contributed by atoms with Crippen LogP contribution < -0.4 is 9.47 Å². The zero-order valence-corrected chi connectivity index (χ0v) is 17.7. The topological polar surface area (TPSA) is 51.7 Å². The molecule has 1 aromatic carbocycles. The van der Waals surface area contributed by atoms with Gasteiger partial charge in [-0.25, -0.2) is 0 Å². The summed E-state index contributed by atoms with van der Waals surface area (Å²) in [6, 6.07) is 10.4. The summed E-state index contributed by atoms with van der Waals surface area (Å²) in [5, 5.41) is 0. The standard InChI is InChI=1S/C25H30N2O3/c1-18-20-15-22-23(30-14-13-29-22)16-21(20)25(10-3-4-11-25)17-27(18)24(28)9-6-8-19-7-2-5-12-26-19/h2,5,7,12,15-16,18H,3-4,6,8-11,13-14,17H2,1H3. The lowest BCUT2D eigenvalue weighted by atomic mass is 9.71. The Balaban J connectivity index is 1.39. The Labute approximate surface area is 178 Å². The molecular weight excluding hydrogens is 376 g/mol. The maximum Gasteiger partial charge on any atom is 0.223 e. The van der Waals surface area contributed by atoms with Gasteiger partial charge in [-0.1, -0.05) is 18.9 Å². The van der Waals surface area contributed by atoms with E-state index in [1.54, 1.807) is 0 Å². The van der Waals surface area contributed by atoms with Gasteiger partial charge in [-0.05, 0) is 68.0 Å². The van der Waals surface area contributed by atoms with E-state index in [-0.39, 0.29) is 17.4 Å². The second-order valence-electron chi connectivity index (χ2n) is 8.94. The quantitative estimate of drug-likeness (QED) is 0.745. The first-order chi connectivity index (χ1) is 14.7. The van der Waals surface area contributed by atoms with Crippen molar-refractivity contribution >= 4 is 5.91 Å². The lowest BCUT2D eigenvalue weighted by molar-refractivity contribution is -0.135. The average molecular weight is 407 g/mol. The SMILES string of the molecule is CC1c2cc3c(cc2C2(CCCC2)CN1C(=O)CCCc1ccccn1)OCCO3. The van der Waals surface area contributed by atoms with Crippen LogP contribution >= 0.6 is 0 Å². The monoisotopic (exact) mass is 406 g/mol. The van der Waals surface area contributed by atoms with Gasteiger partial charge in [0, 0.05) is 30.3 Å². The number of nitrogens with zero attached hydrogens (tertiary/aromatic N) is 2. The largest absolute Gasteiger partial charge is 0.486 e. The number of aryl methyl sites for hydroxylation is 1. The van der Waals surface area contributed by atoms with Crippen LogP contribution in [0.25, 0.3) is 0 Å². The first-order valence-electron chi connectivity index (χ1n) is 11.3. The van der Waals surface area contributed by atoms with E-state index in [4.69, 9.17) is 9.47 Å². The molecule has 1 atom stereocenters. The molecule has 2 aromatic rings. The predicted molar refractivity (Wildman–Crippen MR) is 115 cm³/mol. The first kappa shape index (κ1) is 19.4. The summed E-state index contributed by atoms with van der Waals surface area (Å²) >= 11 is 0. The molecule has 1 unspecified atom stereocenters. The molecule has 5 heteroatoms. The normalized spacial score (nSPS) is 21.5. The van der Waals surface area contributed by atoms with Crippen molar-refractivity contribution in [2.45, 2.75) is 63.3 Å². The van der Waals surface area contributed by atoms with Crippen LogP contribution in [0.4, 0.5) is 0 Å². The summed E-state index contributed by atoms with van der Waals surface area (Å²) < 4.78 is 11.7. The molecule has 3 heterocycles. The fourth-order valence-corrected chi connectivity index (χ4v) is 5.52. The number of fused-ring (bicyclic) bond motifs is 3. The van der Waals surface area contributed by atoms with Crippen molar-refractivity contribution in [1.82, 2.24) is 9.88 Å². The zero-order chi connectivity index (χ0) is 20.6. The molecule has 1 spiro atoms. The number of amides is 1. The Bertz CT molecular complexity index is 921. The van der Waals surface area contributed by atoms with Crippen LogP contribution in [0.2, 0.25) is 0 Å². The molecule has 0 bridgehead atoms. The van der Waals surface area contributed by atoms with Crippen molar-refractivity contribution < 1.29 is 14.3 Å². The first-order valence-corrected chi connectivity index (χ1v) is 11.3. The predicted octanol–water partition coefficient (Wildman–Crippen LogP) is 4.59. The van der Waals surface area contributed by atoms with E-state index >= 15 is 0 Å². The summed E-state index contributed by atoms with van der Waals surface area (Å²) in [6.45, 7) is 4.17. The number of carbonyl (C=O) groups is 1. The van der Waals surface area contributed by atoms with Crippen molar-refractivity contribution in [3.8, 4) is 11.5 Å². The summed E-state index contributed by atoms with van der Waals surface area (Å²) in [6.07, 6.45) is 8.80. The number of pyridine rings is 1. The minimum absolute atomic E-state index is 0.0596. The van der Waals surface area contributed by atoms with Crippen LogP contribution in [-0.4, -0.2) is 35.5 Å². The molecule has 158 valence electrons. The van der Waals surface area contributed by atoms with Gasteiger partial charge in [0.15, 0.2) is 11.5 Å². The van der Waals surface area contributed by atoms with E-state index < -0.39 is 0 Å². The third-order valence-corrected chi connectivity index (χ3v) is 7.11. The Morgan fingerprint density at radius 2 is 1.93 bits per heavy atom. The molecule has 30 heavy (non-hydrogen) atoms. The summed E-state index contributed by atoms with van der Waals surface area (Å²) in [4.78, 5) is 19.8. The molecule has 1 saturated carbocycles. The number of aromatic nitrogens is 1. The molecule has 5 rings (SSSR count). The molecule has 0 saturated heterocycles. The van der Waals surface area contributed by atoms with Gasteiger partial charge in [0.05, 0.1) is 6.04 Å². The number of hydrogen-bond donors (Lipinski definition) is 0. The van der Waals surface area contributed by atoms with Gasteiger partial charge in [-0.3, -0.25) is 9.78 Å². The summed E-state index contributed by atoms with van der Waals surface area (Å²) in [5.74, 6) is 1.95. The Hall–Kier alpha value is -2.56.